The molecule has 6 atom stereocenters. The van der Waals surface area contributed by atoms with Crippen LogP contribution in [0.5, 0.6) is 0 Å². The minimum absolute atomic E-state index is 0.130. The quantitative estimate of drug-likeness (QED) is 0.307. The fraction of sp³-hybridized carbons (Fsp3) is 0.923. The summed E-state index contributed by atoms with van der Waals surface area (Å²) >= 11 is 0. The third-order valence-electron chi connectivity index (χ3n) is 3.77. The molecule has 20 heavy (non-hydrogen) atoms. The van der Waals surface area contributed by atoms with Crippen LogP contribution < -0.4 is 0 Å². The average molecular weight is 292 g/mol. The Balaban J connectivity index is 2.59. The lowest BCUT2D eigenvalue weighted by molar-refractivity contribution is -0.185. The summed E-state index contributed by atoms with van der Waals surface area (Å²) in [5, 5.41) is 37.8. The monoisotopic (exact) mass is 292 g/mol. The van der Waals surface area contributed by atoms with Gasteiger partial charge in [-0.1, -0.05) is 0 Å². The van der Waals surface area contributed by atoms with Crippen molar-refractivity contribution in [3.05, 3.63) is 0 Å². The summed E-state index contributed by atoms with van der Waals surface area (Å²) in [4.78, 5) is 10.7. The van der Waals surface area contributed by atoms with E-state index in [1.807, 2.05) is 0 Å². The van der Waals surface area contributed by atoms with Crippen LogP contribution in [-0.4, -0.2) is 71.6 Å². The van der Waals surface area contributed by atoms with Crippen LogP contribution in [-0.2, 0) is 14.3 Å². The Morgan fingerprint density at radius 2 is 2.05 bits per heavy atom. The Bertz CT molecular complexity index is 286. The summed E-state index contributed by atoms with van der Waals surface area (Å²) in [7, 11) is 1.42. The molecule has 118 valence electrons. The van der Waals surface area contributed by atoms with E-state index in [1.165, 1.54) is 7.11 Å². The number of aliphatic hydroxyl groups is 4. The zero-order valence-corrected chi connectivity index (χ0v) is 11.6. The van der Waals surface area contributed by atoms with Crippen molar-refractivity contribution in [2.75, 3.05) is 20.3 Å². The molecule has 4 N–H and O–H groups in total. The van der Waals surface area contributed by atoms with Gasteiger partial charge < -0.3 is 34.7 Å². The molecule has 0 saturated heterocycles. The molecule has 1 unspecified atom stereocenters. The van der Waals surface area contributed by atoms with E-state index in [9.17, 15) is 20.1 Å². The second-order valence-electron chi connectivity index (χ2n) is 5.11. The molecule has 7 nitrogen and oxygen atoms in total. The zero-order chi connectivity index (χ0) is 15.1. The molecule has 0 aromatic heterocycles. The molecule has 7 heteroatoms. The Hall–Kier alpha value is -0.570. The molecule has 0 bridgehead atoms. The standard InChI is InChI=1S/C13H24O7/c1-19-13(20-5-3-8(16)7-15)12-9(2-4-14)10(17)6-11(12)18/h4,8-13,15-18H,2-3,5-7H2,1H3/t8?,9-,10-,11+,12+,13-/m1/s1. The lowest BCUT2D eigenvalue weighted by Crippen LogP contribution is -2.37. The van der Waals surface area contributed by atoms with Crippen LogP contribution in [0, 0.1) is 11.8 Å². The first-order valence-electron chi connectivity index (χ1n) is 6.78. The third kappa shape index (κ3) is 4.47. The van der Waals surface area contributed by atoms with Crippen molar-refractivity contribution in [2.45, 2.75) is 43.9 Å². The molecule has 0 heterocycles. The van der Waals surface area contributed by atoms with Crippen molar-refractivity contribution < 1.29 is 34.7 Å². The third-order valence-corrected chi connectivity index (χ3v) is 3.77. The maximum Gasteiger partial charge on any atom is 0.162 e. The summed E-state index contributed by atoms with van der Waals surface area (Å²) in [6.07, 6.45) is -1.93. The number of hydrogen-bond acceptors (Lipinski definition) is 7. The van der Waals surface area contributed by atoms with Gasteiger partial charge in [0.2, 0.25) is 0 Å². The van der Waals surface area contributed by atoms with Gasteiger partial charge in [0.15, 0.2) is 6.29 Å². The second kappa shape index (κ2) is 8.66. The van der Waals surface area contributed by atoms with Gasteiger partial charge in [0, 0.05) is 25.4 Å². The highest BCUT2D eigenvalue weighted by Crippen LogP contribution is 2.38. The lowest BCUT2D eigenvalue weighted by Gasteiger charge is -2.29. The topological polar surface area (TPSA) is 116 Å². The number of carbonyl (C=O) groups is 1. The Morgan fingerprint density at radius 3 is 2.60 bits per heavy atom. The van der Waals surface area contributed by atoms with Gasteiger partial charge in [-0.15, -0.1) is 0 Å². The van der Waals surface area contributed by atoms with E-state index in [1.54, 1.807) is 0 Å². The number of ether oxygens (including phenoxy) is 2. The SMILES string of the molecule is CO[C@H](OCCC(O)CO)[C@H]1[C@H](CC=O)[C@H](O)C[C@@H]1O. The predicted octanol–water partition coefficient (Wildman–Crippen LogP) is -1.33. The second-order valence-corrected chi connectivity index (χ2v) is 5.11. The molecule has 0 aromatic carbocycles. The van der Waals surface area contributed by atoms with E-state index in [-0.39, 0.29) is 32.5 Å². The van der Waals surface area contributed by atoms with Gasteiger partial charge in [-0.2, -0.15) is 0 Å². The average Bonchev–Trinajstić information content (AvgIpc) is 2.70. The van der Waals surface area contributed by atoms with E-state index < -0.39 is 36.4 Å². The predicted molar refractivity (Wildman–Crippen MR) is 68.8 cm³/mol. The highest BCUT2D eigenvalue weighted by molar-refractivity contribution is 5.50. The molecule has 0 aromatic rings. The van der Waals surface area contributed by atoms with E-state index >= 15 is 0 Å². The Kier molecular flexibility index (Phi) is 7.57. The van der Waals surface area contributed by atoms with Crippen LogP contribution in [0.25, 0.3) is 0 Å². The molecule has 0 spiro atoms. The number of carbonyl (C=O) groups excluding carboxylic acids is 1. The minimum Gasteiger partial charge on any atom is -0.394 e. The van der Waals surface area contributed by atoms with Crippen molar-refractivity contribution in [3.63, 3.8) is 0 Å². The van der Waals surface area contributed by atoms with Gasteiger partial charge in [-0.05, 0) is 12.8 Å². The molecule has 1 aliphatic carbocycles. The molecular formula is C13H24O7. The van der Waals surface area contributed by atoms with E-state index in [0.29, 0.717) is 6.29 Å². The van der Waals surface area contributed by atoms with Crippen LogP contribution in [0.15, 0.2) is 0 Å². The summed E-state index contributed by atoms with van der Waals surface area (Å²) < 4.78 is 10.7. The molecule has 1 fully saturated rings. The van der Waals surface area contributed by atoms with Gasteiger partial charge in [-0.25, -0.2) is 0 Å². The zero-order valence-electron chi connectivity index (χ0n) is 11.6. The van der Waals surface area contributed by atoms with E-state index in [4.69, 9.17) is 14.6 Å². The molecular weight excluding hydrogens is 268 g/mol. The van der Waals surface area contributed by atoms with Gasteiger partial charge in [0.25, 0.3) is 0 Å². The first-order chi connectivity index (χ1) is 9.54. The number of rotatable bonds is 9. The largest absolute Gasteiger partial charge is 0.394 e. The number of aliphatic hydroxyl groups excluding tert-OH is 4. The molecule has 1 aliphatic rings. The van der Waals surface area contributed by atoms with Gasteiger partial charge in [-0.3, -0.25) is 0 Å². The van der Waals surface area contributed by atoms with Crippen LogP contribution in [0.3, 0.4) is 0 Å². The highest BCUT2D eigenvalue weighted by Gasteiger charge is 2.46. The normalized spacial score (nSPS) is 33.0. The Labute approximate surface area is 118 Å². The summed E-state index contributed by atoms with van der Waals surface area (Å²) in [5.74, 6) is -0.901. The van der Waals surface area contributed by atoms with Crippen molar-refractivity contribution in [2.24, 2.45) is 11.8 Å². The van der Waals surface area contributed by atoms with Gasteiger partial charge in [0.1, 0.15) is 6.29 Å². The van der Waals surface area contributed by atoms with Crippen molar-refractivity contribution in [1.82, 2.24) is 0 Å². The first kappa shape index (κ1) is 17.5. The molecule has 0 amide bonds. The van der Waals surface area contributed by atoms with E-state index in [0.717, 1.165) is 0 Å². The fourth-order valence-electron chi connectivity index (χ4n) is 2.68. The van der Waals surface area contributed by atoms with Crippen LogP contribution >= 0.6 is 0 Å². The van der Waals surface area contributed by atoms with Crippen molar-refractivity contribution in [1.29, 1.82) is 0 Å². The minimum atomic E-state index is -0.864. The fourth-order valence-corrected chi connectivity index (χ4v) is 2.68. The molecule has 1 saturated carbocycles. The summed E-state index contributed by atoms with van der Waals surface area (Å²) in [5.41, 5.74) is 0. The Morgan fingerprint density at radius 1 is 1.35 bits per heavy atom. The highest BCUT2D eigenvalue weighted by atomic mass is 16.7. The number of hydrogen-bond donors (Lipinski definition) is 4. The first-order valence-corrected chi connectivity index (χ1v) is 6.78. The molecule has 0 radical (unpaired) electrons. The lowest BCUT2D eigenvalue weighted by atomic mass is 9.90. The summed E-state index contributed by atoms with van der Waals surface area (Å²) in [6, 6.07) is 0. The molecule has 1 rings (SSSR count). The maximum atomic E-state index is 10.7. The van der Waals surface area contributed by atoms with E-state index in [2.05, 4.69) is 0 Å². The van der Waals surface area contributed by atoms with Gasteiger partial charge >= 0.3 is 0 Å². The number of aldehydes is 1. The van der Waals surface area contributed by atoms with Crippen LogP contribution in [0.1, 0.15) is 19.3 Å². The maximum absolute atomic E-state index is 10.7. The summed E-state index contributed by atoms with van der Waals surface area (Å²) in [6.45, 7) is -0.201. The smallest absolute Gasteiger partial charge is 0.162 e. The van der Waals surface area contributed by atoms with Crippen LogP contribution in [0.4, 0.5) is 0 Å². The van der Waals surface area contributed by atoms with Crippen molar-refractivity contribution in [3.8, 4) is 0 Å². The number of methoxy groups -OCH3 is 1. The van der Waals surface area contributed by atoms with Crippen molar-refractivity contribution >= 4 is 6.29 Å². The van der Waals surface area contributed by atoms with Crippen LogP contribution in [0.2, 0.25) is 0 Å². The molecule has 0 aliphatic heterocycles. The van der Waals surface area contributed by atoms with Gasteiger partial charge in [0.05, 0.1) is 31.5 Å².